The maximum absolute atomic E-state index is 11.8. The fourth-order valence-electron chi connectivity index (χ4n) is 1.59. The first-order chi connectivity index (χ1) is 7.35. The van der Waals surface area contributed by atoms with Crippen LogP contribution in [0.2, 0.25) is 0 Å². The van der Waals surface area contributed by atoms with E-state index in [1.54, 1.807) is 0 Å². The van der Waals surface area contributed by atoms with Crippen molar-refractivity contribution in [1.82, 2.24) is 0 Å². The molecule has 0 saturated carbocycles. The second kappa shape index (κ2) is 11.5. The Kier molecular flexibility index (Phi) is 11.1. The summed E-state index contributed by atoms with van der Waals surface area (Å²) in [6.45, 7) is 4.63. The van der Waals surface area contributed by atoms with Gasteiger partial charge >= 0.3 is 0 Å². The first-order valence-corrected chi connectivity index (χ1v) is 6.19. The number of alkyl halides is 1. The fraction of sp³-hybridized carbons (Fsp3) is 0.846. The normalized spacial score (nSPS) is 11.8. The molecule has 0 unspecified atom stereocenters. The van der Waals surface area contributed by atoms with Gasteiger partial charge in [-0.3, -0.25) is 4.39 Å². The van der Waals surface area contributed by atoms with E-state index in [9.17, 15) is 4.39 Å². The van der Waals surface area contributed by atoms with E-state index in [4.69, 9.17) is 4.74 Å². The Balaban J connectivity index is 3.22. The Morgan fingerprint density at radius 3 is 2.20 bits per heavy atom. The lowest BCUT2D eigenvalue weighted by Gasteiger charge is -2.07. The molecule has 0 bridgehead atoms. The minimum absolute atomic E-state index is 0.160. The third-order valence-corrected chi connectivity index (χ3v) is 2.46. The molecule has 0 radical (unpaired) electrons. The van der Waals surface area contributed by atoms with Crippen LogP contribution in [0, 0.1) is 0 Å². The van der Waals surface area contributed by atoms with E-state index in [-0.39, 0.29) is 6.67 Å². The molecular weight excluding hydrogens is 191 g/mol. The number of unbranched alkanes of at least 4 members (excludes halogenated alkanes) is 5. The number of hydrogen-bond donors (Lipinski definition) is 0. The van der Waals surface area contributed by atoms with Gasteiger partial charge in [0.1, 0.15) is 0 Å². The smallest absolute Gasteiger partial charge is 0.0917 e. The third-order valence-electron chi connectivity index (χ3n) is 2.46. The van der Waals surface area contributed by atoms with Crippen LogP contribution in [-0.4, -0.2) is 13.3 Å². The van der Waals surface area contributed by atoms with Gasteiger partial charge in [-0.15, -0.1) is 0 Å². The summed E-state index contributed by atoms with van der Waals surface area (Å²) >= 11 is 0. The largest absolute Gasteiger partial charge is 0.499 e. The van der Waals surface area contributed by atoms with E-state index in [1.165, 1.54) is 25.7 Å². The van der Waals surface area contributed by atoms with Crippen LogP contribution in [0.3, 0.4) is 0 Å². The van der Waals surface area contributed by atoms with Crippen LogP contribution in [-0.2, 0) is 4.74 Å². The Labute approximate surface area is 93.7 Å². The zero-order valence-electron chi connectivity index (χ0n) is 10.2. The Morgan fingerprint density at radius 1 is 1.07 bits per heavy atom. The lowest BCUT2D eigenvalue weighted by atomic mass is 10.1. The predicted molar refractivity (Wildman–Crippen MR) is 63.7 cm³/mol. The molecular formula is C13H25FO. The van der Waals surface area contributed by atoms with Crippen molar-refractivity contribution in [2.24, 2.45) is 0 Å². The number of hydrogen-bond acceptors (Lipinski definition) is 1. The summed E-state index contributed by atoms with van der Waals surface area (Å²) in [6.07, 6.45) is 9.69. The van der Waals surface area contributed by atoms with Crippen molar-refractivity contribution in [3.05, 3.63) is 11.8 Å². The molecule has 0 aromatic carbocycles. The molecule has 0 rings (SSSR count). The van der Waals surface area contributed by atoms with Gasteiger partial charge in [-0.25, -0.2) is 0 Å². The van der Waals surface area contributed by atoms with Crippen LogP contribution in [0.4, 0.5) is 4.39 Å². The summed E-state index contributed by atoms with van der Waals surface area (Å²) in [4.78, 5) is 0. The molecule has 0 amide bonds. The van der Waals surface area contributed by atoms with Crippen molar-refractivity contribution in [1.29, 1.82) is 0 Å². The molecule has 0 spiro atoms. The average Bonchev–Trinajstić information content (AvgIpc) is 2.26. The fourth-order valence-corrected chi connectivity index (χ4v) is 1.59. The molecule has 90 valence electrons. The van der Waals surface area contributed by atoms with Crippen LogP contribution in [0.25, 0.3) is 0 Å². The SMILES string of the molecule is CC=C(CCCCCCCCF)OCC. The Bertz CT molecular complexity index is 155. The zero-order chi connectivity index (χ0) is 11.4. The van der Waals surface area contributed by atoms with Gasteiger partial charge in [0.15, 0.2) is 0 Å². The standard InChI is InChI=1S/C13H25FO/c1-3-13(15-4-2)11-9-7-5-6-8-10-12-14/h3H,4-12H2,1-2H3. The first-order valence-electron chi connectivity index (χ1n) is 6.19. The van der Waals surface area contributed by atoms with Crippen LogP contribution in [0.15, 0.2) is 11.8 Å². The molecule has 0 atom stereocenters. The van der Waals surface area contributed by atoms with E-state index in [0.29, 0.717) is 0 Å². The second-order valence-corrected chi connectivity index (χ2v) is 3.75. The highest BCUT2D eigenvalue weighted by Crippen LogP contribution is 2.12. The highest BCUT2D eigenvalue weighted by atomic mass is 19.1. The van der Waals surface area contributed by atoms with Gasteiger partial charge in [-0.1, -0.05) is 25.7 Å². The highest BCUT2D eigenvalue weighted by molar-refractivity contribution is 4.89. The number of halogens is 1. The molecule has 0 aliphatic heterocycles. The molecule has 0 aromatic heterocycles. The predicted octanol–water partition coefficient (Wildman–Crippen LogP) is 4.63. The quantitative estimate of drug-likeness (QED) is 0.382. The third kappa shape index (κ3) is 9.77. The van der Waals surface area contributed by atoms with Gasteiger partial charge in [0.25, 0.3) is 0 Å². The molecule has 0 fully saturated rings. The van der Waals surface area contributed by atoms with Gasteiger partial charge in [0.2, 0.25) is 0 Å². The van der Waals surface area contributed by atoms with Gasteiger partial charge in [0, 0.05) is 6.42 Å². The Morgan fingerprint density at radius 2 is 1.67 bits per heavy atom. The van der Waals surface area contributed by atoms with Crippen LogP contribution in [0.1, 0.15) is 58.8 Å². The summed E-state index contributed by atoms with van der Waals surface area (Å²) in [5.74, 6) is 1.11. The lowest BCUT2D eigenvalue weighted by Crippen LogP contribution is -1.91. The maximum atomic E-state index is 11.8. The van der Waals surface area contributed by atoms with E-state index < -0.39 is 0 Å². The summed E-state index contributed by atoms with van der Waals surface area (Å²) in [5, 5.41) is 0. The summed E-state index contributed by atoms with van der Waals surface area (Å²) in [6, 6.07) is 0. The van der Waals surface area contributed by atoms with Crippen molar-refractivity contribution in [3.8, 4) is 0 Å². The molecule has 2 heteroatoms. The van der Waals surface area contributed by atoms with Gasteiger partial charge < -0.3 is 4.74 Å². The van der Waals surface area contributed by atoms with E-state index in [0.717, 1.165) is 31.6 Å². The maximum Gasteiger partial charge on any atom is 0.0917 e. The summed E-state index contributed by atoms with van der Waals surface area (Å²) < 4.78 is 17.2. The minimum Gasteiger partial charge on any atom is -0.499 e. The molecule has 0 heterocycles. The highest BCUT2D eigenvalue weighted by Gasteiger charge is 1.96. The first kappa shape index (κ1) is 14.5. The molecule has 0 saturated heterocycles. The molecule has 0 aromatic rings. The topological polar surface area (TPSA) is 9.23 Å². The molecule has 1 nitrogen and oxygen atoms in total. The molecule has 0 aliphatic carbocycles. The van der Waals surface area contributed by atoms with Crippen molar-refractivity contribution < 1.29 is 9.13 Å². The average molecular weight is 216 g/mol. The van der Waals surface area contributed by atoms with Gasteiger partial charge in [0.05, 0.1) is 19.0 Å². The molecule has 15 heavy (non-hydrogen) atoms. The van der Waals surface area contributed by atoms with Crippen LogP contribution >= 0.6 is 0 Å². The molecule has 0 N–H and O–H groups in total. The van der Waals surface area contributed by atoms with Crippen molar-refractivity contribution in [2.75, 3.05) is 13.3 Å². The molecule has 0 aliphatic rings. The second-order valence-electron chi connectivity index (χ2n) is 3.75. The summed E-state index contributed by atoms with van der Waals surface area (Å²) in [7, 11) is 0. The minimum atomic E-state index is -0.160. The summed E-state index contributed by atoms with van der Waals surface area (Å²) in [5.41, 5.74) is 0. The van der Waals surface area contributed by atoms with Crippen molar-refractivity contribution in [2.45, 2.75) is 58.8 Å². The number of allylic oxidation sites excluding steroid dienone is 2. The van der Waals surface area contributed by atoms with Gasteiger partial charge in [-0.05, 0) is 32.8 Å². The van der Waals surface area contributed by atoms with Crippen LogP contribution < -0.4 is 0 Å². The zero-order valence-corrected chi connectivity index (χ0v) is 10.2. The van der Waals surface area contributed by atoms with E-state index >= 15 is 0 Å². The van der Waals surface area contributed by atoms with Crippen molar-refractivity contribution in [3.63, 3.8) is 0 Å². The monoisotopic (exact) mass is 216 g/mol. The van der Waals surface area contributed by atoms with Crippen molar-refractivity contribution >= 4 is 0 Å². The Hall–Kier alpha value is -0.530. The van der Waals surface area contributed by atoms with E-state index in [2.05, 4.69) is 0 Å². The van der Waals surface area contributed by atoms with Crippen LogP contribution in [0.5, 0.6) is 0 Å². The lowest BCUT2D eigenvalue weighted by molar-refractivity contribution is 0.215. The van der Waals surface area contributed by atoms with Gasteiger partial charge in [-0.2, -0.15) is 0 Å². The van der Waals surface area contributed by atoms with E-state index in [1.807, 2.05) is 19.9 Å². The number of ether oxygens (including phenoxy) is 1. The number of rotatable bonds is 10.